The highest BCUT2D eigenvalue weighted by Crippen LogP contribution is 2.37. The Hall–Kier alpha value is -1.26. The summed E-state index contributed by atoms with van der Waals surface area (Å²) in [6, 6.07) is 7.71. The molecule has 94 valence electrons. The van der Waals surface area contributed by atoms with E-state index in [2.05, 4.69) is 5.32 Å². The zero-order chi connectivity index (χ0) is 12.3. The van der Waals surface area contributed by atoms with Crippen molar-refractivity contribution < 1.29 is 14.6 Å². The average molecular weight is 237 g/mol. The van der Waals surface area contributed by atoms with Crippen LogP contribution in [-0.4, -0.2) is 37.6 Å². The molecule has 4 heteroatoms. The maximum atomic E-state index is 9.47. The van der Waals surface area contributed by atoms with E-state index in [0.29, 0.717) is 0 Å². The van der Waals surface area contributed by atoms with Crippen molar-refractivity contribution in [3.05, 3.63) is 24.3 Å². The Morgan fingerprint density at radius 3 is 2.41 bits per heavy atom. The highest BCUT2D eigenvalue weighted by atomic mass is 16.5. The van der Waals surface area contributed by atoms with Crippen LogP contribution in [0.2, 0.25) is 0 Å². The van der Waals surface area contributed by atoms with Gasteiger partial charge in [-0.15, -0.1) is 0 Å². The van der Waals surface area contributed by atoms with Crippen molar-refractivity contribution in [1.82, 2.24) is 0 Å². The molecule has 0 radical (unpaired) electrons. The van der Waals surface area contributed by atoms with Crippen LogP contribution in [-0.2, 0) is 4.74 Å². The fourth-order valence-corrected chi connectivity index (χ4v) is 2.23. The van der Waals surface area contributed by atoms with Crippen LogP contribution in [0.4, 0.5) is 5.69 Å². The highest BCUT2D eigenvalue weighted by Gasteiger charge is 2.44. The summed E-state index contributed by atoms with van der Waals surface area (Å²) < 4.78 is 10.3. The van der Waals surface area contributed by atoms with Gasteiger partial charge in [-0.3, -0.25) is 0 Å². The first-order valence-electron chi connectivity index (χ1n) is 5.77. The van der Waals surface area contributed by atoms with Crippen molar-refractivity contribution in [3.63, 3.8) is 0 Å². The van der Waals surface area contributed by atoms with E-state index in [1.165, 1.54) is 0 Å². The molecule has 0 spiro atoms. The normalized spacial score (nSPS) is 27.4. The van der Waals surface area contributed by atoms with Gasteiger partial charge < -0.3 is 19.9 Å². The molecular formula is C13H19NO3. The van der Waals surface area contributed by atoms with Crippen LogP contribution in [0, 0.1) is 0 Å². The standard InChI is InChI=1S/C13H19NO3/c1-16-11-5-3-10(4-6-11)14-13(9-15)7-12(8-13)17-2/h3-6,12,14-15H,7-9H2,1-2H3. The zero-order valence-corrected chi connectivity index (χ0v) is 10.3. The first kappa shape index (κ1) is 12.2. The van der Waals surface area contributed by atoms with Crippen molar-refractivity contribution >= 4 is 5.69 Å². The number of methoxy groups -OCH3 is 2. The summed E-state index contributed by atoms with van der Waals surface area (Å²) in [7, 11) is 3.35. The van der Waals surface area contributed by atoms with E-state index in [4.69, 9.17) is 9.47 Å². The Morgan fingerprint density at radius 2 is 1.94 bits per heavy atom. The first-order chi connectivity index (χ1) is 8.21. The summed E-state index contributed by atoms with van der Waals surface area (Å²) in [4.78, 5) is 0. The lowest BCUT2D eigenvalue weighted by atomic mass is 9.74. The molecule has 0 unspecified atom stereocenters. The third kappa shape index (κ3) is 2.53. The lowest BCUT2D eigenvalue weighted by Gasteiger charge is -2.46. The molecule has 0 amide bonds. The van der Waals surface area contributed by atoms with Gasteiger partial charge in [0.1, 0.15) is 5.75 Å². The number of rotatable bonds is 5. The molecule has 0 atom stereocenters. The van der Waals surface area contributed by atoms with Gasteiger partial charge >= 0.3 is 0 Å². The molecule has 4 nitrogen and oxygen atoms in total. The summed E-state index contributed by atoms with van der Waals surface area (Å²) in [5.41, 5.74) is 0.768. The minimum atomic E-state index is -0.227. The zero-order valence-electron chi connectivity index (χ0n) is 10.3. The molecule has 0 saturated heterocycles. The highest BCUT2D eigenvalue weighted by molar-refractivity contribution is 5.49. The molecule has 1 fully saturated rings. The van der Waals surface area contributed by atoms with E-state index in [1.54, 1.807) is 14.2 Å². The summed E-state index contributed by atoms with van der Waals surface area (Å²) in [6.07, 6.45) is 1.94. The molecule has 2 rings (SSSR count). The van der Waals surface area contributed by atoms with E-state index in [0.717, 1.165) is 24.3 Å². The maximum Gasteiger partial charge on any atom is 0.119 e. The SMILES string of the molecule is COc1ccc(NC2(CO)CC(OC)C2)cc1. The van der Waals surface area contributed by atoms with E-state index in [9.17, 15) is 5.11 Å². The third-order valence-corrected chi connectivity index (χ3v) is 3.37. The van der Waals surface area contributed by atoms with Gasteiger partial charge in [-0.05, 0) is 37.1 Å². The lowest BCUT2D eigenvalue weighted by Crippen LogP contribution is -2.56. The minimum Gasteiger partial charge on any atom is -0.497 e. The summed E-state index contributed by atoms with van der Waals surface area (Å²) in [5.74, 6) is 0.831. The van der Waals surface area contributed by atoms with Crippen LogP contribution >= 0.6 is 0 Å². The van der Waals surface area contributed by atoms with Crippen molar-refractivity contribution in [2.45, 2.75) is 24.5 Å². The topological polar surface area (TPSA) is 50.7 Å². The van der Waals surface area contributed by atoms with Crippen LogP contribution < -0.4 is 10.1 Å². The van der Waals surface area contributed by atoms with Crippen molar-refractivity contribution in [1.29, 1.82) is 0 Å². The molecule has 0 heterocycles. The first-order valence-corrected chi connectivity index (χ1v) is 5.77. The number of aliphatic hydroxyl groups is 1. The monoisotopic (exact) mass is 237 g/mol. The second-order valence-corrected chi connectivity index (χ2v) is 4.56. The van der Waals surface area contributed by atoms with Crippen LogP contribution in [0.25, 0.3) is 0 Å². The molecule has 1 aromatic carbocycles. The fraction of sp³-hybridized carbons (Fsp3) is 0.538. The van der Waals surface area contributed by atoms with E-state index in [-0.39, 0.29) is 18.2 Å². The third-order valence-electron chi connectivity index (χ3n) is 3.37. The number of hydrogen-bond acceptors (Lipinski definition) is 4. The van der Waals surface area contributed by atoms with Gasteiger partial charge in [-0.1, -0.05) is 0 Å². The Labute approximate surface area is 102 Å². The molecule has 0 aromatic heterocycles. The largest absolute Gasteiger partial charge is 0.497 e. The molecular weight excluding hydrogens is 218 g/mol. The van der Waals surface area contributed by atoms with Gasteiger partial charge in [0.2, 0.25) is 0 Å². The van der Waals surface area contributed by atoms with Crippen LogP contribution in [0.3, 0.4) is 0 Å². The van der Waals surface area contributed by atoms with Crippen LogP contribution in [0.5, 0.6) is 5.75 Å². The van der Waals surface area contributed by atoms with E-state index >= 15 is 0 Å². The lowest BCUT2D eigenvalue weighted by molar-refractivity contribution is -0.0256. The number of ether oxygens (including phenoxy) is 2. The number of benzene rings is 1. The van der Waals surface area contributed by atoms with Gasteiger partial charge in [-0.25, -0.2) is 0 Å². The molecule has 0 aliphatic heterocycles. The quantitative estimate of drug-likeness (QED) is 0.817. The van der Waals surface area contributed by atoms with Crippen molar-refractivity contribution in [2.24, 2.45) is 0 Å². The number of anilines is 1. The number of aliphatic hydroxyl groups excluding tert-OH is 1. The Bertz CT molecular complexity index is 357. The molecule has 0 bridgehead atoms. The summed E-state index contributed by atoms with van der Waals surface area (Å²) in [5, 5.41) is 12.8. The summed E-state index contributed by atoms with van der Waals surface area (Å²) in [6.45, 7) is 0.124. The number of nitrogens with one attached hydrogen (secondary N) is 1. The average Bonchev–Trinajstić information content (AvgIpc) is 2.34. The van der Waals surface area contributed by atoms with E-state index in [1.807, 2.05) is 24.3 Å². The predicted molar refractivity (Wildman–Crippen MR) is 66.5 cm³/mol. The molecule has 1 aromatic rings. The van der Waals surface area contributed by atoms with Crippen LogP contribution in [0.15, 0.2) is 24.3 Å². The van der Waals surface area contributed by atoms with Crippen molar-refractivity contribution in [3.8, 4) is 5.75 Å². The smallest absolute Gasteiger partial charge is 0.119 e. The Balaban J connectivity index is 1.99. The van der Waals surface area contributed by atoms with Gasteiger partial charge in [0, 0.05) is 12.8 Å². The van der Waals surface area contributed by atoms with Crippen molar-refractivity contribution in [2.75, 3.05) is 26.1 Å². The van der Waals surface area contributed by atoms with Crippen LogP contribution in [0.1, 0.15) is 12.8 Å². The van der Waals surface area contributed by atoms with E-state index < -0.39 is 0 Å². The Kier molecular flexibility index (Phi) is 3.54. The fourth-order valence-electron chi connectivity index (χ4n) is 2.23. The molecule has 17 heavy (non-hydrogen) atoms. The molecule has 2 N–H and O–H groups in total. The molecule has 1 saturated carbocycles. The minimum absolute atomic E-state index is 0.124. The molecule has 1 aliphatic carbocycles. The van der Waals surface area contributed by atoms with Gasteiger partial charge in [0.25, 0.3) is 0 Å². The second kappa shape index (κ2) is 4.94. The predicted octanol–water partition coefficient (Wildman–Crippen LogP) is 1.65. The maximum absolute atomic E-state index is 9.47. The molecule has 1 aliphatic rings. The second-order valence-electron chi connectivity index (χ2n) is 4.56. The van der Waals surface area contributed by atoms with Gasteiger partial charge in [0.15, 0.2) is 0 Å². The Morgan fingerprint density at radius 1 is 1.29 bits per heavy atom. The summed E-state index contributed by atoms with van der Waals surface area (Å²) >= 11 is 0. The number of hydrogen-bond donors (Lipinski definition) is 2. The van der Waals surface area contributed by atoms with Gasteiger partial charge in [0.05, 0.1) is 25.4 Å². The van der Waals surface area contributed by atoms with Gasteiger partial charge in [-0.2, -0.15) is 0 Å².